The summed E-state index contributed by atoms with van der Waals surface area (Å²) >= 11 is 0. The Kier molecular flexibility index (Phi) is 5.68. The van der Waals surface area contributed by atoms with E-state index in [-0.39, 0.29) is 5.91 Å². The van der Waals surface area contributed by atoms with Crippen molar-refractivity contribution >= 4 is 23.3 Å². The molecule has 0 saturated heterocycles. The minimum atomic E-state index is -0.453. The van der Waals surface area contributed by atoms with E-state index in [9.17, 15) is 9.59 Å². The average Bonchev–Trinajstić information content (AvgIpc) is 2.59. The van der Waals surface area contributed by atoms with E-state index in [1.807, 2.05) is 6.07 Å². The van der Waals surface area contributed by atoms with Crippen LogP contribution < -0.4 is 10.6 Å². The first-order chi connectivity index (χ1) is 11.1. The molecule has 6 nitrogen and oxygen atoms in total. The molecule has 0 fully saturated rings. The first kappa shape index (κ1) is 16.5. The number of nitrogens with zero attached hydrogens (tertiary/aromatic N) is 1. The summed E-state index contributed by atoms with van der Waals surface area (Å²) < 4.78 is 4.66. The molecule has 0 bridgehead atoms. The van der Waals surface area contributed by atoms with Gasteiger partial charge in [0.2, 0.25) is 0 Å². The Hall–Kier alpha value is -2.89. The average molecular weight is 313 g/mol. The van der Waals surface area contributed by atoms with Crippen molar-refractivity contribution in [2.24, 2.45) is 0 Å². The number of carbonyl (C=O) groups excluding carboxylic acids is 2. The van der Waals surface area contributed by atoms with E-state index in [0.717, 1.165) is 18.7 Å². The second kappa shape index (κ2) is 7.93. The van der Waals surface area contributed by atoms with E-state index in [4.69, 9.17) is 0 Å². The third kappa shape index (κ3) is 4.54. The van der Waals surface area contributed by atoms with Crippen molar-refractivity contribution in [1.29, 1.82) is 0 Å². The molecule has 23 heavy (non-hydrogen) atoms. The van der Waals surface area contributed by atoms with Crippen molar-refractivity contribution in [1.82, 2.24) is 4.98 Å². The number of ether oxygens (including phenoxy) is 1. The highest BCUT2D eigenvalue weighted by atomic mass is 16.5. The molecule has 1 aromatic carbocycles. The number of benzene rings is 1. The Labute approximate surface area is 134 Å². The van der Waals surface area contributed by atoms with Crippen molar-refractivity contribution in [3.8, 4) is 0 Å². The fourth-order valence-corrected chi connectivity index (χ4v) is 1.94. The van der Waals surface area contributed by atoms with E-state index in [0.29, 0.717) is 16.9 Å². The molecule has 0 spiro atoms. The van der Waals surface area contributed by atoms with E-state index in [2.05, 4.69) is 27.3 Å². The summed E-state index contributed by atoms with van der Waals surface area (Å²) in [6.07, 6.45) is 2.63. The second-order valence-electron chi connectivity index (χ2n) is 4.89. The summed E-state index contributed by atoms with van der Waals surface area (Å²) in [6, 6.07) is 10.0. The number of rotatable bonds is 6. The quantitative estimate of drug-likeness (QED) is 0.801. The van der Waals surface area contributed by atoms with Gasteiger partial charge in [-0.05, 0) is 36.8 Å². The molecule has 0 atom stereocenters. The summed E-state index contributed by atoms with van der Waals surface area (Å²) in [4.78, 5) is 27.8. The van der Waals surface area contributed by atoms with Gasteiger partial charge in [0.05, 0.1) is 24.6 Å². The number of nitrogens with one attached hydrogen (secondary N) is 2. The zero-order valence-corrected chi connectivity index (χ0v) is 13.1. The SMILES string of the molecule is CCCNc1ccc(C(=O)Nc2cccc(C(=O)OC)c2)nc1. The predicted molar refractivity (Wildman–Crippen MR) is 88.8 cm³/mol. The summed E-state index contributed by atoms with van der Waals surface area (Å²) in [6.45, 7) is 2.93. The Bertz CT molecular complexity index is 684. The van der Waals surface area contributed by atoms with Gasteiger partial charge in [0.25, 0.3) is 5.91 Å². The summed E-state index contributed by atoms with van der Waals surface area (Å²) in [7, 11) is 1.31. The van der Waals surface area contributed by atoms with Crippen LogP contribution in [0.15, 0.2) is 42.6 Å². The minimum absolute atomic E-state index is 0.301. The predicted octanol–water partition coefficient (Wildman–Crippen LogP) is 2.94. The van der Waals surface area contributed by atoms with Crippen LogP contribution >= 0.6 is 0 Å². The van der Waals surface area contributed by atoms with E-state index >= 15 is 0 Å². The molecule has 2 N–H and O–H groups in total. The second-order valence-corrected chi connectivity index (χ2v) is 4.89. The standard InChI is InChI=1S/C17H19N3O3/c1-3-9-18-14-7-8-15(19-11-14)16(21)20-13-6-4-5-12(10-13)17(22)23-2/h4-8,10-11,18H,3,9H2,1-2H3,(H,20,21). The Morgan fingerprint density at radius 3 is 2.65 bits per heavy atom. The van der Waals surface area contributed by atoms with Crippen molar-refractivity contribution < 1.29 is 14.3 Å². The molecule has 1 heterocycles. The third-order valence-electron chi connectivity index (χ3n) is 3.12. The number of pyridine rings is 1. The maximum absolute atomic E-state index is 12.2. The van der Waals surface area contributed by atoms with Crippen LogP contribution in [0.1, 0.15) is 34.2 Å². The first-order valence-corrected chi connectivity index (χ1v) is 7.33. The topological polar surface area (TPSA) is 80.3 Å². The van der Waals surface area contributed by atoms with Crippen LogP contribution in [0.3, 0.4) is 0 Å². The smallest absolute Gasteiger partial charge is 0.337 e. The maximum atomic E-state index is 12.2. The Morgan fingerprint density at radius 1 is 1.17 bits per heavy atom. The van der Waals surface area contributed by atoms with Crippen molar-refractivity contribution in [2.45, 2.75) is 13.3 Å². The molecule has 1 amide bonds. The van der Waals surface area contributed by atoms with E-state index in [1.54, 1.807) is 36.5 Å². The lowest BCUT2D eigenvalue weighted by atomic mass is 10.2. The highest BCUT2D eigenvalue weighted by Crippen LogP contribution is 2.13. The number of carbonyl (C=O) groups is 2. The number of amides is 1. The van der Waals surface area contributed by atoms with Crippen molar-refractivity contribution in [2.75, 3.05) is 24.3 Å². The van der Waals surface area contributed by atoms with Gasteiger partial charge in [-0.15, -0.1) is 0 Å². The molecule has 2 aromatic rings. The molecule has 2 rings (SSSR count). The molecule has 0 radical (unpaired) electrons. The van der Waals surface area contributed by atoms with Crippen LogP contribution in [0.25, 0.3) is 0 Å². The van der Waals surface area contributed by atoms with Crippen molar-refractivity contribution in [3.05, 3.63) is 53.9 Å². The Balaban J connectivity index is 2.05. The van der Waals surface area contributed by atoms with Gasteiger partial charge in [-0.25, -0.2) is 9.78 Å². The lowest BCUT2D eigenvalue weighted by molar-refractivity contribution is 0.0600. The lowest BCUT2D eigenvalue weighted by Gasteiger charge is -2.08. The van der Waals surface area contributed by atoms with Gasteiger partial charge < -0.3 is 15.4 Å². The van der Waals surface area contributed by atoms with E-state index < -0.39 is 5.97 Å². The highest BCUT2D eigenvalue weighted by molar-refractivity contribution is 6.03. The molecule has 0 aliphatic carbocycles. The van der Waals surface area contributed by atoms with Crippen LogP contribution in [0.2, 0.25) is 0 Å². The van der Waals surface area contributed by atoms with Crippen LogP contribution in [-0.4, -0.2) is 30.5 Å². The first-order valence-electron chi connectivity index (χ1n) is 7.33. The van der Waals surface area contributed by atoms with Gasteiger partial charge in [-0.2, -0.15) is 0 Å². The summed E-state index contributed by atoms with van der Waals surface area (Å²) in [5, 5.41) is 5.90. The van der Waals surface area contributed by atoms with Gasteiger partial charge in [0.15, 0.2) is 0 Å². The summed E-state index contributed by atoms with van der Waals surface area (Å²) in [5.41, 5.74) is 2.05. The third-order valence-corrected chi connectivity index (χ3v) is 3.12. The molecule has 0 saturated carbocycles. The summed E-state index contributed by atoms with van der Waals surface area (Å²) in [5.74, 6) is -0.792. The maximum Gasteiger partial charge on any atom is 0.337 e. The van der Waals surface area contributed by atoms with Gasteiger partial charge in [0, 0.05) is 12.2 Å². The normalized spacial score (nSPS) is 10.0. The number of aromatic nitrogens is 1. The van der Waals surface area contributed by atoms with Crippen LogP contribution in [0, 0.1) is 0 Å². The number of anilines is 2. The molecule has 0 unspecified atom stereocenters. The molecule has 6 heteroatoms. The molecule has 0 aliphatic rings. The molecule has 1 aromatic heterocycles. The molecule has 120 valence electrons. The zero-order chi connectivity index (χ0) is 16.7. The number of esters is 1. The van der Waals surface area contributed by atoms with Crippen LogP contribution in [-0.2, 0) is 4.74 Å². The number of methoxy groups -OCH3 is 1. The highest BCUT2D eigenvalue weighted by Gasteiger charge is 2.10. The molecule has 0 aliphatic heterocycles. The fourth-order valence-electron chi connectivity index (χ4n) is 1.94. The van der Waals surface area contributed by atoms with Gasteiger partial charge in [-0.3, -0.25) is 4.79 Å². The van der Waals surface area contributed by atoms with Gasteiger partial charge in [0.1, 0.15) is 5.69 Å². The Morgan fingerprint density at radius 2 is 2.00 bits per heavy atom. The van der Waals surface area contributed by atoms with Gasteiger partial charge in [-0.1, -0.05) is 13.0 Å². The van der Waals surface area contributed by atoms with Crippen LogP contribution in [0.5, 0.6) is 0 Å². The number of hydrogen-bond donors (Lipinski definition) is 2. The fraction of sp³-hybridized carbons (Fsp3) is 0.235. The van der Waals surface area contributed by atoms with E-state index in [1.165, 1.54) is 7.11 Å². The lowest BCUT2D eigenvalue weighted by Crippen LogP contribution is -2.14. The van der Waals surface area contributed by atoms with Crippen molar-refractivity contribution in [3.63, 3.8) is 0 Å². The van der Waals surface area contributed by atoms with Crippen LogP contribution in [0.4, 0.5) is 11.4 Å². The monoisotopic (exact) mass is 313 g/mol. The zero-order valence-electron chi connectivity index (χ0n) is 13.1. The largest absolute Gasteiger partial charge is 0.465 e. The number of hydrogen-bond acceptors (Lipinski definition) is 5. The molecular weight excluding hydrogens is 294 g/mol. The van der Waals surface area contributed by atoms with Gasteiger partial charge >= 0.3 is 5.97 Å². The molecular formula is C17H19N3O3. The minimum Gasteiger partial charge on any atom is -0.465 e.